The van der Waals surface area contributed by atoms with Gasteiger partial charge in [0.15, 0.2) is 0 Å². The van der Waals surface area contributed by atoms with Crippen LogP contribution in [0.4, 0.5) is 0 Å². The molecule has 1 heterocycles. The van der Waals surface area contributed by atoms with E-state index in [4.69, 9.17) is 0 Å². The number of hydrogen-bond acceptors (Lipinski definition) is 1. The molecule has 1 saturated heterocycles. The number of carbonyl (C=O) groups is 1. The third kappa shape index (κ3) is 2.58. The van der Waals surface area contributed by atoms with Gasteiger partial charge in [-0.3, -0.25) is 4.79 Å². The summed E-state index contributed by atoms with van der Waals surface area (Å²) in [5, 5.41) is 0. The van der Waals surface area contributed by atoms with Crippen molar-refractivity contribution in [3.63, 3.8) is 0 Å². The van der Waals surface area contributed by atoms with Crippen molar-refractivity contribution in [2.45, 2.75) is 27.2 Å². The lowest BCUT2D eigenvalue weighted by molar-refractivity contribution is -0.128. The molecule has 1 aliphatic rings. The maximum atomic E-state index is 11.5. The third-order valence-electron chi connectivity index (χ3n) is 2.96. The fraction of sp³-hybridized carbons (Fsp3) is 0.727. The van der Waals surface area contributed by atoms with Crippen LogP contribution < -0.4 is 0 Å². The topological polar surface area (TPSA) is 20.3 Å². The molecule has 2 nitrogen and oxygen atoms in total. The monoisotopic (exact) mass is 181 g/mol. The maximum Gasteiger partial charge on any atom is 0.246 e. The first kappa shape index (κ1) is 10.3. The van der Waals surface area contributed by atoms with Crippen LogP contribution in [-0.2, 0) is 4.79 Å². The second-order valence-corrected chi connectivity index (χ2v) is 4.03. The molecular weight excluding hydrogens is 162 g/mol. The van der Waals surface area contributed by atoms with Crippen LogP contribution in [0.25, 0.3) is 0 Å². The first-order valence-electron chi connectivity index (χ1n) is 5.06. The highest BCUT2D eigenvalue weighted by molar-refractivity contribution is 5.87. The van der Waals surface area contributed by atoms with Gasteiger partial charge in [-0.2, -0.15) is 0 Å². The first-order chi connectivity index (χ1) is 6.15. The highest BCUT2D eigenvalue weighted by Gasteiger charge is 2.24. The summed E-state index contributed by atoms with van der Waals surface area (Å²) in [7, 11) is 0. The predicted octanol–water partition coefficient (Wildman–Crippen LogP) is 2.07. The highest BCUT2D eigenvalue weighted by Crippen LogP contribution is 2.22. The Balaban J connectivity index is 2.50. The van der Waals surface area contributed by atoms with Crippen LogP contribution in [0.5, 0.6) is 0 Å². The lowest BCUT2D eigenvalue weighted by atomic mass is 9.89. The third-order valence-corrected chi connectivity index (χ3v) is 2.96. The molecule has 1 fully saturated rings. The van der Waals surface area contributed by atoms with Crippen molar-refractivity contribution in [2.75, 3.05) is 13.1 Å². The van der Waals surface area contributed by atoms with Gasteiger partial charge in [0.1, 0.15) is 0 Å². The molecule has 0 radical (unpaired) electrons. The van der Waals surface area contributed by atoms with E-state index in [0.29, 0.717) is 5.92 Å². The van der Waals surface area contributed by atoms with E-state index in [2.05, 4.69) is 13.8 Å². The zero-order valence-electron chi connectivity index (χ0n) is 8.79. The number of allylic oxidation sites excluding steroid dienone is 1. The molecule has 2 heteroatoms. The molecule has 2 atom stereocenters. The largest absolute Gasteiger partial charge is 0.339 e. The molecule has 0 aromatic heterocycles. The number of rotatable bonds is 1. The molecule has 0 aromatic rings. The standard InChI is InChI=1S/C11H19NO/c1-4-5-11(13)12-7-6-9(2)10(3)8-12/h4-5,9-10H,6-8H2,1-3H3/b5-4+. The molecule has 0 bridgehead atoms. The zero-order chi connectivity index (χ0) is 9.84. The van der Waals surface area contributed by atoms with Gasteiger partial charge in [-0.25, -0.2) is 0 Å². The molecule has 74 valence electrons. The minimum atomic E-state index is 0.168. The summed E-state index contributed by atoms with van der Waals surface area (Å²) in [5.74, 6) is 1.57. The predicted molar refractivity (Wildman–Crippen MR) is 54.3 cm³/mol. The van der Waals surface area contributed by atoms with E-state index >= 15 is 0 Å². The number of amides is 1. The second-order valence-electron chi connectivity index (χ2n) is 4.03. The Morgan fingerprint density at radius 3 is 2.62 bits per heavy atom. The lowest BCUT2D eigenvalue weighted by Crippen LogP contribution is -2.41. The fourth-order valence-electron chi connectivity index (χ4n) is 1.71. The minimum absolute atomic E-state index is 0.168. The molecule has 0 spiro atoms. The van der Waals surface area contributed by atoms with E-state index in [-0.39, 0.29) is 5.91 Å². The lowest BCUT2D eigenvalue weighted by Gasteiger charge is -2.34. The smallest absolute Gasteiger partial charge is 0.246 e. The van der Waals surface area contributed by atoms with Crippen LogP contribution in [0.3, 0.4) is 0 Å². The molecule has 0 aliphatic carbocycles. The Morgan fingerprint density at radius 2 is 2.08 bits per heavy atom. The normalized spacial score (nSPS) is 29.6. The quantitative estimate of drug-likeness (QED) is 0.567. The van der Waals surface area contributed by atoms with Gasteiger partial charge < -0.3 is 4.90 Å². The molecule has 0 N–H and O–H groups in total. The van der Waals surface area contributed by atoms with Gasteiger partial charge in [-0.05, 0) is 31.3 Å². The van der Waals surface area contributed by atoms with Gasteiger partial charge >= 0.3 is 0 Å². The van der Waals surface area contributed by atoms with Gasteiger partial charge in [-0.15, -0.1) is 0 Å². The average Bonchev–Trinajstić information content (AvgIpc) is 2.10. The SMILES string of the molecule is C/C=C/C(=O)N1CCC(C)C(C)C1. The molecule has 1 rings (SSSR count). The van der Waals surface area contributed by atoms with Crippen molar-refractivity contribution in [1.82, 2.24) is 4.90 Å². The van der Waals surface area contributed by atoms with Crippen LogP contribution in [0.2, 0.25) is 0 Å². The summed E-state index contributed by atoms with van der Waals surface area (Å²) in [5.41, 5.74) is 0. The summed E-state index contributed by atoms with van der Waals surface area (Å²) in [4.78, 5) is 13.4. The first-order valence-corrected chi connectivity index (χ1v) is 5.06. The van der Waals surface area contributed by atoms with Crippen molar-refractivity contribution in [3.8, 4) is 0 Å². The Bertz CT molecular complexity index is 210. The molecule has 0 aromatic carbocycles. The van der Waals surface area contributed by atoms with Crippen LogP contribution in [0.1, 0.15) is 27.2 Å². The number of nitrogens with zero attached hydrogens (tertiary/aromatic N) is 1. The van der Waals surface area contributed by atoms with Crippen LogP contribution in [-0.4, -0.2) is 23.9 Å². The molecule has 1 aliphatic heterocycles. The van der Waals surface area contributed by atoms with Crippen molar-refractivity contribution >= 4 is 5.91 Å². The summed E-state index contributed by atoms with van der Waals surface area (Å²) in [6, 6.07) is 0. The minimum Gasteiger partial charge on any atom is -0.339 e. The van der Waals surface area contributed by atoms with Gasteiger partial charge in [-0.1, -0.05) is 19.9 Å². The van der Waals surface area contributed by atoms with Crippen molar-refractivity contribution in [1.29, 1.82) is 0 Å². The van der Waals surface area contributed by atoms with Crippen LogP contribution >= 0.6 is 0 Å². The Labute approximate surface area is 80.6 Å². The number of hydrogen-bond donors (Lipinski definition) is 0. The van der Waals surface area contributed by atoms with Gasteiger partial charge in [0.25, 0.3) is 0 Å². The fourth-order valence-corrected chi connectivity index (χ4v) is 1.71. The summed E-state index contributed by atoms with van der Waals surface area (Å²) < 4.78 is 0. The number of carbonyl (C=O) groups excluding carboxylic acids is 1. The van der Waals surface area contributed by atoms with E-state index in [1.54, 1.807) is 6.08 Å². The average molecular weight is 181 g/mol. The summed E-state index contributed by atoms with van der Waals surface area (Å²) in [6.07, 6.45) is 4.61. The van der Waals surface area contributed by atoms with Crippen LogP contribution in [0.15, 0.2) is 12.2 Å². The highest BCUT2D eigenvalue weighted by atomic mass is 16.2. The molecule has 2 unspecified atom stereocenters. The molecule has 1 amide bonds. The zero-order valence-corrected chi connectivity index (χ0v) is 8.79. The van der Waals surface area contributed by atoms with Gasteiger partial charge in [0, 0.05) is 13.1 Å². The van der Waals surface area contributed by atoms with Crippen LogP contribution in [0, 0.1) is 11.8 Å². The van der Waals surface area contributed by atoms with Crippen molar-refractivity contribution in [2.24, 2.45) is 11.8 Å². The van der Waals surface area contributed by atoms with E-state index in [9.17, 15) is 4.79 Å². The van der Waals surface area contributed by atoms with E-state index in [1.165, 1.54) is 0 Å². The Morgan fingerprint density at radius 1 is 1.38 bits per heavy atom. The van der Waals surface area contributed by atoms with Crippen molar-refractivity contribution < 1.29 is 4.79 Å². The van der Waals surface area contributed by atoms with Gasteiger partial charge in [0.2, 0.25) is 5.91 Å². The maximum absolute atomic E-state index is 11.5. The van der Waals surface area contributed by atoms with E-state index in [1.807, 2.05) is 17.9 Å². The molecular formula is C11H19NO. The van der Waals surface area contributed by atoms with Gasteiger partial charge in [0.05, 0.1) is 0 Å². The summed E-state index contributed by atoms with van der Waals surface area (Å²) >= 11 is 0. The second kappa shape index (κ2) is 4.45. The summed E-state index contributed by atoms with van der Waals surface area (Å²) in [6.45, 7) is 8.22. The Kier molecular flexibility index (Phi) is 3.52. The number of piperidine rings is 1. The number of likely N-dealkylation sites (tertiary alicyclic amines) is 1. The van der Waals surface area contributed by atoms with Crippen molar-refractivity contribution in [3.05, 3.63) is 12.2 Å². The molecule has 13 heavy (non-hydrogen) atoms. The van der Waals surface area contributed by atoms with E-state index < -0.39 is 0 Å². The Hall–Kier alpha value is -0.790. The van der Waals surface area contributed by atoms with E-state index in [0.717, 1.165) is 25.4 Å². The molecule has 0 saturated carbocycles.